The lowest BCUT2D eigenvalue weighted by Gasteiger charge is -2.21. The van der Waals surface area contributed by atoms with Crippen molar-refractivity contribution in [1.82, 2.24) is 15.5 Å². The van der Waals surface area contributed by atoms with Gasteiger partial charge in [0.1, 0.15) is 5.54 Å². The second kappa shape index (κ2) is 4.12. The average molecular weight is 259 g/mol. The number of nitrogens with one attached hydrogen (secondary N) is 2. The van der Waals surface area contributed by atoms with E-state index in [0.717, 1.165) is 0 Å². The van der Waals surface area contributed by atoms with Crippen LogP contribution in [-0.4, -0.2) is 35.3 Å². The van der Waals surface area contributed by atoms with Crippen LogP contribution in [0.3, 0.4) is 0 Å². The summed E-state index contributed by atoms with van der Waals surface area (Å²) >= 11 is 0. The van der Waals surface area contributed by atoms with Gasteiger partial charge < -0.3 is 15.5 Å². The van der Waals surface area contributed by atoms with Crippen LogP contribution in [0.2, 0.25) is 0 Å². The minimum absolute atomic E-state index is 0.132. The molecular formula is C14H15N3O2. The zero-order chi connectivity index (χ0) is 14.3. The second-order valence-electron chi connectivity index (χ2n) is 4.91. The monoisotopic (exact) mass is 259 g/mol. The summed E-state index contributed by atoms with van der Waals surface area (Å²) in [5, 5.41) is 5.69. The molecule has 98 valence electrons. The predicted molar refractivity (Wildman–Crippen MR) is 70.1 cm³/mol. The Labute approximate surface area is 112 Å². The molecule has 0 radical (unpaired) electrons. The summed E-state index contributed by atoms with van der Waals surface area (Å²) in [4.78, 5) is 26.0. The number of amides is 2. The van der Waals surface area contributed by atoms with Crippen molar-refractivity contribution in [1.29, 1.82) is 0 Å². The fourth-order valence-corrected chi connectivity index (χ4v) is 2.61. The molecule has 0 saturated carbocycles. The van der Waals surface area contributed by atoms with Crippen LogP contribution < -0.4 is 10.6 Å². The molecule has 2 aliphatic heterocycles. The Bertz CT molecular complexity index is 616. The van der Waals surface area contributed by atoms with Crippen LogP contribution in [0.15, 0.2) is 42.7 Å². The molecule has 3 rings (SSSR count). The number of carbonyl (C=O) groups is 2. The Morgan fingerprint density at radius 1 is 1.47 bits per heavy atom. The van der Waals surface area contributed by atoms with Crippen LogP contribution in [0.4, 0.5) is 0 Å². The van der Waals surface area contributed by atoms with E-state index in [-0.39, 0.29) is 11.8 Å². The van der Waals surface area contributed by atoms with E-state index >= 15 is 0 Å². The summed E-state index contributed by atoms with van der Waals surface area (Å²) in [7, 11) is 0. The number of rotatable bonds is 1. The van der Waals surface area contributed by atoms with Gasteiger partial charge in [0.15, 0.2) is 0 Å². The van der Waals surface area contributed by atoms with Gasteiger partial charge in [0.2, 0.25) is 0 Å². The number of nitrogens with zero attached hydrogens (tertiary/aromatic N) is 1. The first-order valence-corrected chi connectivity index (χ1v) is 6.15. The zero-order valence-corrected chi connectivity index (χ0v) is 10.4. The van der Waals surface area contributed by atoms with Gasteiger partial charge in [-0.1, -0.05) is 24.8 Å². The Morgan fingerprint density at radius 2 is 2.32 bits per heavy atom. The lowest BCUT2D eigenvalue weighted by atomic mass is 9.99. The summed E-state index contributed by atoms with van der Waals surface area (Å²) in [6, 6.07) is 6.83. The summed E-state index contributed by atoms with van der Waals surface area (Å²) < 4.78 is 7.56. The SMILES string of the molecule is [3H]c1cccc(C(=O)N2CCC3(C2)NC(=C)NC3=O)c1. The standard InChI is InChI=1S/C14H15N3O2/c1-10-15-13(19)14(16-10)7-8-17(9-14)12(18)11-5-3-2-4-6-11/h2-6,16H,1,7-9H2,(H,15,19)/i3T. The first-order chi connectivity index (χ1) is 9.50. The van der Waals surface area contributed by atoms with Gasteiger partial charge in [0.25, 0.3) is 11.8 Å². The molecule has 2 aliphatic rings. The Kier molecular flexibility index (Phi) is 2.30. The van der Waals surface area contributed by atoms with Gasteiger partial charge >= 0.3 is 0 Å². The second-order valence-corrected chi connectivity index (χ2v) is 4.91. The molecule has 1 aromatic rings. The Hall–Kier alpha value is -2.30. The maximum atomic E-state index is 12.4. The van der Waals surface area contributed by atoms with Crippen LogP contribution in [0.25, 0.3) is 0 Å². The van der Waals surface area contributed by atoms with Gasteiger partial charge in [0, 0.05) is 12.1 Å². The largest absolute Gasteiger partial charge is 0.356 e. The average Bonchev–Trinajstić information content (AvgIpc) is 2.94. The topological polar surface area (TPSA) is 61.4 Å². The van der Waals surface area contributed by atoms with Gasteiger partial charge in [0.05, 0.1) is 13.7 Å². The van der Waals surface area contributed by atoms with E-state index < -0.39 is 5.54 Å². The van der Waals surface area contributed by atoms with Crippen molar-refractivity contribution in [3.63, 3.8) is 0 Å². The summed E-state index contributed by atoms with van der Waals surface area (Å²) in [5.74, 6) is 0.201. The lowest BCUT2D eigenvalue weighted by Crippen LogP contribution is -2.49. The van der Waals surface area contributed by atoms with Crippen molar-refractivity contribution >= 4 is 11.8 Å². The molecule has 2 fully saturated rings. The van der Waals surface area contributed by atoms with E-state index in [1.54, 1.807) is 23.1 Å². The highest BCUT2D eigenvalue weighted by atomic mass is 16.2. The Morgan fingerprint density at radius 3 is 3.00 bits per heavy atom. The fourth-order valence-electron chi connectivity index (χ4n) is 2.61. The van der Waals surface area contributed by atoms with E-state index in [2.05, 4.69) is 17.2 Å². The van der Waals surface area contributed by atoms with E-state index in [9.17, 15) is 9.59 Å². The molecule has 1 atom stereocenters. The first-order valence-electron chi connectivity index (χ1n) is 6.65. The smallest absolute Gasteiger partial charge is 0.253 e. The normalized spacial score (nSPS) is 26.3. The van der Waals surface area contributed by atoms with Crippen LogP contribution in [0.1, 0.15) is 18.1 Å². The quantitative estimate of drug-likeness (QED) is 0.770. The number of carbonyl (C=O) groups excluding carboxylic acids is 2. The molecule has 2 heterocycles. The molecule has 2 amide bonds. The summed E-state index contributed by atoms with van der Waals surface area (Å²) in [5.41, 5.74) is -0.266. The van der Waals surface area contributed by atoms with E-state index in [1.165, 1.54) is 6.07 Å². The van der Waals surface area contributed by atoms with Crippen LogP contribution in [0, 0.1) is 0 Å². The van der Waals surface area contributed by atoms with Crippen molar-refractivity contribution in [2.45, 2.75) is 12.0 Å². The lowest BCUT2D eigenvalue weighted by molar-refractivity contribution is -0.123. The predicted octanol–water partition coefficient (Wildman–Crippen LogP) is 0.462. The third-order valence-electron chi connectivity index (χ3n) is 3.60. The summed E-state index contributed by atoms with van der Waals surface area (Å²) in [6.45, 7) is 4.52. The van der Waals surface area contributed by atoms with Crippen molar-refractivity contribution in [3.05, 3.63) is 48.3 Å². The Balaban J connectivity index is 1.79. The molecule has 1 unspecified atom stereocenters. The molecule has 1 spiro atoms. The van der Waals surface area contributed by atoms with Gasteiger partial charge in [-0.3, -0.25) is 9.59 Å². The highest BCUT2D eigenvalue weighted by molar-refractivity contribution is 5.97. The molecule has 5 heteroatoms. The van der Waals surface area contributed by atoms with E-state index in [1.807, 2.05) is 0 Å². The number of hydrogen-bond acceptors (Lipinski definition) is 3. The van der Waals surface area contributed by atoms with Crippen LogP contribution in [-0.2, 0) is 4.79 Å². The van der Waals surface area contributed by atoms with E-state index in [0.29, 0.717) is 36.9 Å². The molecular weight excluding hydrogens is 242 g/mol. The summed E-state index contributed by atoms with van der Waals surface area (Å²) in [6.07, 6.45) is 0.560. The van der Waals surface area contributed by atoms with Crippen molar-refractivity contribution in [2.24, 2.45) is 0 Å². The maximum absolute atomic E-state index is 12.4. The highest BCUT2D eigenvalue weighted by Crippen LogP contribution is 2.27. The first kappa shape index (κ1) is 10.6. The van der Waals surface area contributed by atoms with Crippen molar-refractivity contribution in [3.8, 4) is 0 Å². The minimum atomic E-state index is -0.745. The van der Waals surface area contributed by atoms with Gasteiger partial charge in [-0.05, 0) is 18.6 Å². The van der Waals surface area contributed by atoms with Crippen molar-refractivity contribution < 1.29 is 11.0 Å². The van der Waals surface area contributed by atoms with Crippen LogP contribution >= 0.6 is 0 Å². The number of hydrogen-bond donors (Lipinski definition) is 2. The molecule has 0 bridgehead atoms. The van der Waals surface area contributed by atoms with E-state index in [4.69, 9.17) is 1.37 Å². The van der Waals surface area contributed by atoms with Crippen molar-refractivity contribution in [2.75, 3.05) is 13.1 Å². The highest BCUT2D eigenvalue weighted by Gasteiger charge is 2.49. The molecule has 2 saturated heterocycles. The third kappa shape index (κ3) is 1.87. The molecule has 5 nitrogen and oxygen atoms in total. The molecule has 0 aromatic heterocycles. The number of benzene rings is 1. The molecule has 1 aromatic carbocycles. The van der Waals surface area contributed by atoms with Gasteiger partial charge in [-0.2, -0.15) is 0 Å². The maximum Gasteiger partial charge on any atom is 0.253 e. The van der Waals surface area contributed by atoms with Gasteiger partial charge in [-0.25, -0.2) is 0 Å². The zero-order valence-electron chi connectivity index (χ0n) is 11.4. The number of likely N-dealkylation sites (tertiary alicyclic amines) is 1. The minimum Gasteiger partial charge on any atom is -0.356 e. The molecule has 2 N–H and O–H groups in total. The molecule has 19 heavy (non-hydrogen) atoms. The fraction of sp³-hybridized carbons (Fsp3) is 0.286. The third-order valence-corrected chi connectivity index (χ3v) is 3.60. The van der Waals surface area contributed by atoms with Gasteiger partial charge in [-0.15, -0.1) is 0 Å². The molecule has 0 aliphatic carbocycles. The van der Waals surface area contributed by atoms with Crippen LogP contribution in [0.5, 0.6) is 0 Å².